The number of amides is 1. The van der Waals surface area contributed by atoms with Crippen molar-refractivity contribution >= 4 is 5.91 Å². The molecule has 4 heteroatoms. The number of β-amino-alcohol motifs (C(OH)–C–C–N with tert-alkyl or cyclic N) is 1. The molecule has 22 heavy (non-hydrogen) atoms. The highest BCUT2D eigenvalue weighted by molar-refractivity contribution is 5.94. The van der Waals surface area contributed by atoms with Crippen molar-refractivity contribution in [1.29, 1.82) is 0 Å². The third-order valence-corrected chi connectivity index (χ3v) is 4.55. The summed E-state index contributed by atoms with van der Waals surface area (Å²) < 4.78 is 0. The van der Waals surface area contributed by atoms with Gasteiger partial charge in [0, 0.05) is 38.3 Å². The molecule has 1 N–H and O–H groups in total. The number of aryl methyl sites for hydroxylation is 1. The Labute approximate surface area is 133 Å². The standard InChI is InChI=1S/C18H28N2O2/c1-13(2)17(12-20-9-8-16(21)11-20)19(4)18(22)15-7-5-6-14(3)10-15/h5-7,10,13,16-17,21H,8-9,11-12H2,1-4H3/t16-,17+/m0/s1. The van der Waals surface area contributed by atoms with E-state index in [4.69, 9.17) is 0 Å². The first-order chi connectivity index (χ1) is 10.4. The molecule has 2 rings (SSSR count). The Kier molecular flexibility index (Phi) is 5.59. The van der Waals surface area contributed by atoms with Crippen LogP contribution >= 0.6 is 0 Å². The minimum atomic E-state index is -0.217. The van der Waals surface area contributed by atoms with Gasteiger partial charge in [-0.1, -0.05) is 31.5 Å². The van der Waals surface area contributed by atoms with Gasteiger partial charge in [0.15, 0.2) is 0 Å². The molecule has 0 bridgehead atoms. The molecular formula is C18H28N2O2. The van der Waals surface area contributed by atoms with E-state index in [-0.39, 0.29) is 18.1 Å². The number of benzene rings is 1. The van der Waals surface area contributed by atoms with E-state index in [9.17, 15) is 9.90 Å². The van der Waals surface area contributed by atoms with E-state index in [0.29, 0.717) is 5.92 Å². The fourth-order valence-corrected chi connectivity index (χ4v) is 3.16. The molecule has 0 unspecified atom stereocenters. The maximum Gasteiger partial charge on any atom is 0.253 e. The number of carbonyl (C=O) groups is 1. The summed E-state index contributed by atoms with van der Waals surface area (Å²) in [5.41, 5.74) is 1.85. The van der Waals surface area contributed by atoms with Crippen LogP contribution in [0.15, 0.2) is 24.3 Å². The number of aliphatic hydroxyl groups excluding tert-OH is 1. The van der Waals surface area contributed by atoms with Gasteiger partial charge in [-0.25, -0.2) is 0 Å². The molecule has 1 fully saturated rings. The topological polar surface area (TPSA) is 43.8 Å². The first-order valence-corrected chi connectivity index (χ1v) is 8.12. The van der Waals surface area contributed by atoms with E-state index in [0.717, 1.165) is 37.2 Å². The Balaban J connectivity index is 2.08. The van der Waals surface area contributed by atoms with E-state index in [1.165, 1.54) is 0 Å². The Morgan fingerprint density at radius 2 is 2.18 bits per heavy atom. The van der Waals surface area contributed by atoms with Crippen LogP contribution in [0.1, 0.15) is 36.2 Å². The van der Waals surface area contributed by atoms with Gasteiger partial charge in [-0.15, -0.1) is 0 Å². The molecular weight excluding hydrogens is 276 g/mol. The lowest BCUT2D eigenvalue weighted by atomic mass is 10.0. The second-order valence-corrected chi connectivity index (χ2v) is 6.80. The summed E-state index contributed by atoms with van der Waals surface area (Å²) in [4.78, 5) is 16.9. The number of hydrogen-bond donors (Lipinski definition) is 1. The molecule has 1 aliphatic heterocycles. The van der Waals surface area contributed by atoms with Gasteiger partial charge < -0.3 is 10.0 Å². The van der Waals surface area contributed by atoms with Gasteiger partial charge in [-0.3, -0.25) is 9.69 Å². The first kappa shape index (κ1) is 17.0. The molecule has 1 amide bonds. The molecule has 1 aliphatic rings. The van der Waals surface area contributed by atoms with Crippen molar-refractivity contribution in [3.63, 3.8) is 0 Å². The minimum absolute atomic E-state index is 0.0714. The molecule has 0 saturated carbocycles. The van der Waals surface area contributed by atoms with Gasteiger partial charge in [-0.05, 0) is 31.4 Å². The predicted molar refractivity (Wildman–Crippen MR) is 89.0 cm³/mol. The highest BCUT2D eigenvalue weighted by Gasteiger charge is 2.29. The maximum atomic E-state index is 12.7. The van der Waals surface area contributed by atoms with Crippen molar-refractivity contribution in [1.82, 2.24) is 9.80 Å². The first-order valence-electron chi connectivity index (χ1n) is 8.12. The zero-order valence-corrected chi connectivity index (χ0v) is 14.1. The van der Waals surface area contributed by atoms with Gasteiger partial charge >= 0.3 is 0 Å². The third kappa shape index (κ3) is 4.08. The zero-order valence-electron chi connectivity index (χ0n) is 14.1. The number of rotatable bonds is 5. The lowest BCUT2D eigenvalue weighted by Gasteiger charge is -2.34. The van der Waals surface area contributed by atoms with Gasteiger partial charge in [0.05, 0.1) is 6.10 Å². The molecule has 0 spiro atoms. The lowest BCUT2D eigenvalue weighted by Crippen LogP contribution is -2.47. The lowest BCUT2D eigenvalue weighted by molar-refractivity contribution is 0.0633. The second kappa shape index (κ2) is 7.25. The molecule has 122 valence electrons. The Morgan fingerprint density at radius 1 is 1.45 bits per heavy atom. The highest BCUT2D eigenvalue weighted by Crippen LogP contribution is 2.18. The van der Waals surface area contributed by atoms with Crippen molar-refractivity contribution in [2.75, 3.05) is 26.7 Å². The second-order valence-electron chi connectivity index (χ2n) is 6.80. The number of nitrogens with zero attached hydrogens (tertiary/aromatic N) is 2. The minimum Gasteiger partial charge on any atom is -0.392 e. The molecule has 1 aromatic carbocycles. The van der Waals surface area contributed by atoms with Crippen LogP contribution < -0.4 is 0 Å². The van der Waals surface area contributed by atoms with E-state index in [1.807, 2.05) is 43.1 Å². The summed E-state index contributed by atoms with van der Waals surface area (Å²) in [7, 11) is 1.89. The van der Waals surface area contributed by atoms with Crippen LogP contribution in [-0.2, 0) is 0 Å². The molecule has 0 aliphatic carbocycles. The number of likely N-dealkylation sites (tertiary alicyclic amines) is 1. The third-order valence-electron chi connectivity index (χ3n) is 4.55. The van der Waals surface area contributed by atoms with Gasteiger partial charge in [0.1, 0.15) is 0 Å². The smallest absolute Gasteiger partial charge is 0.253 e. The van der Waals surface area contributed by atoms with Crippen LogP contribution in [0.5, 0.6) is 0 Å². The van der Waals surface area contributed by atoms with Crippen LogP contribution in [0.25, 0.3) is 0 Å². The van der Waals surface area contributed by atoms with Crippen LogP contribution in [0, 0.1) is 12.8 Å². The highest BCUT2D eigenvalue weighted by atomic mass is 16.3. The molecule has 0 radical (unpaired) electrons. The van der Waals surface area contributed by atoms with Crippen LogP contribution in [0.2, 0.25) is 0 Å². The summed E-state index contributed by atoms with van der Waals surface area (Å²) in [6, 6.07) is 7.90. The fourth-order valence-electron chi connectivity index (χ4n) is 3.16. The van der Waals surface area contributed by atoms with Crippen LogP contribution in [0.4, 0.5) is 0 Å². The van der Waals surface area contributed by atoms with E-state index >= 15 is 0 Å². The van der Waals surface area contributed by atoms with E-state index in [1.54, 1.807) is 0 Å². The van der Waals surface area contributed by atoms with Crippen LogP contribution in [0.3, 0.4) is 0 Å². The summed E-state index contributed by atoms with van der Waals surface area (Å²) >= 11 is 0. The molecule has 2 atom stereocenters. The largest absolute Gasteiger partial charge is 0.392 e. The summed E-state index contributed by atoms with van der Waals surface area (Å²) in [6.45, 7) is 8.76. The average Bonchev–Trinajstić information content (AvgIpc) is 2.88. The predicted octanol–water partition coefficient (Wildman–Crippen LogP) is 2.16. The number of hydrogen-bond acceptors (Lipinski definition) is 3. The van der Waals surface area contributed by atoms with Crippen molar-refractivity contribution in [3.8, 4) is 0 Å². The summed E-state index contributed by atoms with van der Waals surface area (Å²) in [5, 5.41) is 9.69. The number of aliphatic hydroxyl groups is 1. The van der Waals surface area contributed by atoms with E-state index < -0.39 is 0 Å². The SMILES string of the molecule is Cc1cccc(C(=O)N(C)[C@H](CN2CC[C@H](O)C2)C(C)C)c1. The van der Waals surface area contributed by atoms with Crippen molar-refractivity contribution in [2.24, 2.45) is 5.92 Å². The maximum absolute atomic E-state index is 12.7. The van der Waals surface area contributed by atoms with Crippen LogP contribution in [-0.4, -0.2) is 59.6 Å². The Morgan fingerprint density at radius 3 is 2.73 bits per heavy atom. The average molecular weight is 304 g/mol. The zero-order chi connectivity index (χ0) is 16.3. The monoisotopic (exact) mass is 304 g/mol. The molecule has 1 heterocycles. The summed E-state index contributed by atoms with van der Waals surface area (Å²) in [6.07, 6.45) is 0.617. The van der Waals surface area contributed by atoms with Gasteiger partial charge in [0.25, 0.3) is 5.91 Å². The van der Waals surface area contributed by atoms with Crippen molar-refractivity contribution < 1.29 is 9.90 Å². The van der Waals surface area contributed by atoms with Crippen molar-refractivity contribution in [2.45, 2.75) is 39.3 Å². The Hall–Kier alpha value is -1.39. The molecule has 1 saturated heterocycles. The summed E-state index contributed by atoms with van der Waals surface area (Å²) in [5.74, 6) is 0.443. The van der Waals surface area contributed by atoms with Gasteiger partial charge in [0.2, 0.25) is 0 Å². The van der Waals surface area contributed by atoms with Crippen molar-refractivity contribution in [3.05, 3.63) is 35.4 Å². The normalized spacial score (nSPS) is 20.4. The van der Waals surface area contributed by atoms with Gasteiger partial charge in [-0.2, -0.15) is 0 Å². The Bertz CT molecular complexity index is 516. The number of carbonyl (C=O) groups excluding carboxylic acids is 1. The van der Waals surface area contributed by atoms with E-state index in [2.05, 4.69) is 18.7 Å². The molecule has 4 nitrogen and oxygen atoms in total. The molecule has 1 aromatic rings. The quantitative estimate of drug-likeness (QED) is 0.906. The number of likely N-dealkylation sites (N-methyl/N-ethyl adjacent to an activating group) is 1. The molecule has 0 aromatic heterocycles. The fraction of sp³-hybridized carbons (Fsp3) is 0.611.